The molecular formula is C31H31NO7. The Morgan fingerprint density at radius 3 is 1.92 bits per heavy atom. The number of carboxylic acids is 1. The largest absolute Gasteiger partial charge is 0.506 e. The van der Waals surface area contributed by atoms with Gasteiger partial charge in [-0.15, -0.1) is 0 Å². The van der Waals surface area contributed by atoms with Crippen LogP contribution in [0.15, 0.2) is 72.3 Å². The first-order valence-electron chi connectivity index (χ1n) is 12.4. The summed E-state index contributed by atoms with van der Waals surface area (Å²) in [5, 5.41) is 20.7. The Bertz CT molecular complexity index is 1430. The number of rotatable bonds is 7. The Balaban J connectivity index is 1.95. The van der Waals surface area contributed by atoms with E-state index >= 15 is 0 Å². The molecule has 0 saturated carbocycles. The minimum Gasteiger partial charge on any atom is -0.506 e. The Labute approximate surface area is 227 Å². The smallest absolute Gasteiger partial charge is 0.307 e. The van der Waals surface area contributed by atoms with Gasteiger partial charge in [0.1, 0.15) is 22.8 Å². The fraction of sp³-hybridized carbons (Fsp3) is 0.258. The predicted molar refractivity (Wildman–Crippen MR) is 147 cm³/mol. The molecule has 0 aliphatic carbocycles. The van der Waals surface area contributed by atoms with E-state index in [-0.39, 0.29) is 34.5 Å². The molecule has 1 fully saturated rings. The van der Waals surface area contributed by atoms with E-state index in [4.69, 9.17) is 14.6 Å². The Kier molecular flexibility index (Phi) is 7.49. The van der Waals surface area contributed by atoms with Crippen molar-refractivity contribution in [3.05, 3.63) is 94.6 Å². The van der Waals surface area contributed by atoms with Gasteiger partial charge in [-0.25, -0.2) is 0 Å². The van der Waals surface area contributed by atoms with Gasteiger partial charge in [-0.1, -0.05) is 63.2 Å². The molecular weight excluding hydrogens is 498 g/mol. The predicted octanol–water partition coefficient (Wildman–Crippen LogP) is 5.25. The zero-order valence-electron chi connectivity index (χ0n) is 22.5. The Morgan fingerprint density at radius 2 is 1.44 bits per heavy atom. The van der Waals surface area contributed by atoms with Gasteiger partial charge in [-0.3, -0.25) is 19.3 Å². The summed E-state index contributed by atoms with van der Waals surface area (Å²) in [5.74, 6) is -2.53. The molecule has 3 aromatic carbocycles. The minimum atomic E-state index is -0.979. The molecule has 39 heavy (non-hydrogen) atoms. The first kappa shape index (κ1) is 27.4. The monoisotopic (exact) mass is 529 g/mol. The van der Waals surface area contributed by atoms with Crippen molar-refractivity contribution in [1.29, 1.82) is 0 Å². The van der Waals surface area contributed by atoms with Gasteiger partial charge in [0.05, 0.1) is 32.3 Å². The highest BCUT2D eigenvalue weighted by molar-refractivity contribution is 6.51. The average molecular weight is 530 g/mol. The van der Waals surface area contributed by atoms with Crippen LogP contribution in [0.3, 0.4) is 0 Å². The number of ether oxygens (including phenoxy) is 2. The van der Waals surface area contributed by atoms with Crippen LogP contribution in [0.1, 0.15) is 49.1 Å². The van der Waals surface area contributed by atoms with E-state index in [9.17, 15) is 19.5 Å². The summed E-state index contributed by atoms with van der Waals surface area (Å²) in [7, 11) is 2.87. The van der Waals surface area contributed by atoms with Crippen LogP contribution in [0, 0.1) is 0 Å². The molecule has 1 saturated heterocycles. The van der Waals surface area contributed by atoms with Crippen molar-refractivity contribution < 1.29 is 34.1 Å². The standard InChI is InChI=1S/C31H31NO7/c1-31(2,3)20-13-11-19(12-14-20)27-26(28(35)25-22(38-4)7-6-8-23(25)39-5)29(36)30(37)32(27)21-15-9-18(10-16-21)17-24(33)34/h6-16,27,35H,17H2,1-5H3,(H,33,34)/b28-26+. The van der Waals surface area contributed by atoms with Crippen molar-refractivity contribution in [3.63, 3.8) is 0 Å². The molecule has 1 heterocycles. The number of carboxylic acid groups (broad SMARTS) is 1. The fourth-order valence-corrected chi connectivity index (χ4v) is 4.75. The van der Waals surface area contributed by atoms with Crippen LogP contribution in [0.25, 0.3) is 5.76 Å². The number of benzene rings is 3. The van der Waals surface area contributed by atoms with E-state index in [0.29, 0.717) is 16.8 Å². The molecule has 3 aromatic rings. The second kappa shape index (κ2) is 10.6. The molecule has 202 valence electrons. The number of amides is 1. The Hall–Kier alpha value is -4.59. The van der Waals surface area contributed by atoms with Crippen LogP contribution in [-0.2, 0) is 26.2 Å². The van der Waals surface area contributed by atoms with Gasteiger partial charge in [0.15, 0.2) is 0 Å². The van der Waals surface area contributed by atoms with Crippen molar-refractivity contribution in [1.82, 2.24) is 0 Å². The Morgan fingerprint density at radius 1 is 0.872 bits per heavy atom. The number of aliphatic hydroxyl groups is 1. The molecule has 4 rings (SSSR count). The lowest BCUT2D eigenvalue weighted by molar-refractivity contribution is -0.136. The van der Waals surface area contributed by atoms with E-state index in [1.54, 1.807) is 42.5 Å². The van der Waals surface area contributed by atoms with Crippen molar-refractivity contribution in [3.8, 4) is 11.5 Å². The number of aliphatic carboxylic acids is 1. The molecule has 8 heteroatoms. The van der Waals surface area contributed by atoms with Gasteiger partial charge in [-0.2, -0.15) is 0 Å². The van der Waals surface area contributed by atoms with Crippen LogP contribution in [0.4, 0.5) is 5.69 Å². The lowest BCUT2D eigenvalue weighted by Crippen LogP contribution is -2.29. The number of methoxy groups -OCH3 is 2. The van der Waals surface area contributed by atoms with Gasteiger partial charge in [0, 0.05) is 5.69 Å². The van der Waals surface area contributed by atoms with Gasteiger partial charge in [0.2, 0.25) is 0 Å². The van der Waals surface area contributed by atoms with E-state index in [1.807, 2.05) is 24.3 Å². The SMILES string of the molecule is COc1cccc(OC)c1/C(O)=C1\C(=O)C(=O)N(c2ccc(CC(=O)O)cc2)C1c1ccc(C(C)(C)C)cc1. The lowest BCUT2D eigenvalue weighted by Gasteiger charge is -2.27. The number of ketones is 1. The highest BCUT2D eigenvalue weighted by Crippen LogP contribution is 2.45. The second-order valence-electron chi connectivity index (χ2n) is 10.3. The van der Waals surface area contributed by atoms with E-state index in [1.165, 1.54) is 19.1 Å². The lowest BCUT2D eigenvalue weighted by atomic mass is 9.85. The maximum atomic E-state index is 13.6. The summed E-state index contributed by atoms with van der Waals surface area (Å²) in [4.78, 5) is 39.5. The zero-order valence-corrected chi connectivity index (χ0v) is 22.5. The molecule has 0 aromatic heterocycles. The third-order valence-corrected chi connectivity index (χ3v) is 6.77. The first-order valence-corrected chi connectivity index (χ1v) is 12.4. The molecule has 1 aliphatic rings. The molecule has 1 atom stereocenters. The maximum Gasteiger partial charge on any atom is 0.307 e. The summed E-state index contributed by atoms with van der Waals surface area (Å²) < 4.78 is 10.9. The number of nitrogens with zero attached hydrogens (tertiary/aromatic N) is 1. The topological polar surface area (TPSA) is 113 Å². The number of aliphatic hydroxyl groups excluding tert-OH is 1. The second-order valence-corrected chi connectivity index (χ2v) is 10.3. The van der Waals surface area contributed by atoms with Gasteiger partial charge in [0.25, 0.3) is 11.7 Å². The van der Waals surface area contributed by atoms with Crippen molar-refractivity contribution in [2.24, 2.45) is 0 Å². The summed E-state index contributed by atoms with van der Waals surface area (Å²) >= 11 is 0. The van der Waals surface area contributed by atoms with Crippen LogP contribution in [0.2, 0.25) is 0 Å². The highest BCUT2D eigenvalue weighted by Gasteiger charge is 2.47. The number of anilines is 1. The van der Waals surface area contributed by atoms with Crippen molar-refractivity contribution >= 4 is 29.1 Å². The highest BCUT2D eigenvalue weighted by atomic mass is 16.5. The normalized spacial score (nSPS) is 16.8. The quantitative estimate of drug-likeness (QED) is 0.244. The number of Topliss-reactive ketones (excluding diaryl/α,β-unsaturated/α-hetero) is 1. The van der Waals surface area contributed by atoms with Gasteiger partial charge < -0.3 is 19.7 Å². The number of carbonyl (C=O) groups excluding carboxylic acids is 2. The van der Waals surface area contributed by atoms with Crippen LogP contribution in [-0.4, -0.2) is 42.1 Å². The van der Waals surface area contributed by atoms with E-state index < -0.39 is 29.5 Å². The summed E-state index contributed by atoms with van der Waals surface area (Å²) in [6, 6.07) is 18.0. The molecule has 2 N–H and O–H groups in total. The molecule has 0 bridgehead atoms. The molecule has 1 amide bonds. The molecule has 1 aliphatic heterocycles. The number of hydrogen-bond acceptors (Lipinski definition) is 6. The number of hydrogen-bond donors (Lipinski definition) is 2. The first-order chi connectivity index (χ1) is 18.5. The van der Waals surface area contributed by atoms with Crippen LogP contribution in [0.5, 0.6) is 11.5 Å². The molecule has 0 radical (unpaired) electrons. The molecule has 8 nitrogen and oxygen atoms in total. The van der Waals surface area contributed by atoms with Gasteiger partial charge in [-0.05, 0) is 46.4 Å². The van der Waals surface area contributed by atoms with Crippen LogP contribution < -0.4 is 14.4 Å². The average Bonchev–Trinajstić information content (AvgIpc) is 3.17. The van der Waals surface area contributed by atoms with Crippen molar-refractivity contribution in [2.45, 2.75) is 38.6 Å². The molecule has 0 spiro atoms. The van der Waals surface area contributed by atoms with Crippen LogP contribution >= 0.6 is 0 Å². The van der Waals surface area contributed by atoms with Gasteiger partial charge >= 0.3 is 5.97 Å². The fourth-order valence-electron chi connectivity index (χ4n) is 4.75. The third kappa shape index (κ3) is 5.23. The summed E-state index contributed by atoms with van der Waals surface area (Å²) in [5.41, 5.74) is 2.55. The number of carbonyl (C=O) groups is 3. The molecule has 1 unspecified atom stereocenters. The van der Waals surface area contributed by atoms with Crippen molar-refractivity contribution in [2.75, 3.05) is 19.1 Å². The minimum absolute atomic E-state index is 0.110. The summed E-state index contributed by atoms with van der Waals surface area (Å²) in [6.45, 7) is 6.25. The third-order valence-electron chi connectivity index (χ3n) is 6.77. The maximum absolute atomic E-state index is 13.6. The van der Waals surface area contributed by atoms with E-state index in [2.05, 4.69) is 20.8 Å². The zero-order chi connectivity index (χ0) is 28.5. The summed E-state index contributed by atoms with van der Waals surface area (Å²) in [6.07, 6.45) is -0.176. The van der Waals surface area contributed by atoms with E-state index in [0.717, 1.165) is 5.56 Å².